The number of halogens is 1. The Morgan fingerprint density at radius 1 is 2.00 bits per heavy atom. The number of hydrogen-bond donors (Lipinski definition) is 1. The predicted octanol–water partition coefficient (Wildman–Crippen LogP) is 0.230. The van der Waals surface area contributed by atoms with Crippen LogP contribution in [-0.2, 0) is 0 Å². The van der Waals surface area contributed by atoms with E-state index >= 15 is 0 Å². The van der Waals surface area contributed by atoms with E-state index < -0.39 is 0 Å². The second-order valence-electron chi connectivity index (χ2n) is 0.408. The molecule has 0 unspecified atom stereocenters. The summed E-state index contributed by atoms with van der Waals surface area (Å²) in [6.07, 6.45) is 0. The van der Waals surface area contributed by atoms with Crippen LogP contribution in [0.3, 0.4) is 0 Å². The highest BCUT2D eigenvalue weighted by atomic mass is 19.0. The third-order valence-corrected chi connectivity index (χ3v) is 0. The molecule has 0 fully saturated rings. The first-order valence-corrected chi connectivity index (χ1v) is 1.12. The summed E-state index contributed by atoms with van der Waals surface area (Å²) in [4.78, 5) is 0. The molecule has 28 valence electrons. The van der Waals surface area contributed by atoms with Gasteiger partial charge in [0.2, 0.25) is 0 Å². The lowest BCUT2D eigenvalue weighted by molar-refractivity contribution is 1.11. The van der Waals surface area contributed by atoms with Crippen LogP contribution in [-0.4, -0.2) is 6.54 Å². The molecule has 1 nitrogen and oxygen atoms in total. The summed E-state index contributed by atoms with van der Waals surface area (Å²) < 4.78 is 0. The van der Waals surface area contributed by atoms with Crippen molar-refractivity contribution in [3.63, 3.8) is 0 Å². The molecule has 0 aliphatic carbocycles. The molecule has 0 radical (unpaired) electrons. The van der Waals surface area contributed by atoms with Crippen LogP contribution in [0.2, 0.25) is 0 Å². The molecular formula is C2H9FN+. The lowest BCUT2D eigenvalue weighted by atomic mass is 10.8. The first-order valence-electron chi connectivity index (χ1n) is 1.12. The molecule has 0 saturated carbocycles. The molecule has 0 heterocycles. The maximum Gasteiger partial charge on any atom is 1.00 e. The van der Waals surface area contributed by atoms with Gasteiger partial charge in [-0.05, 0) is 6.54 Å². The highest BCUT2D eigenvalue weighted by molar-refractivity contribution is 4.00. The van der Waals surface area contributed by atoms with Crippen LogP contribution in [0.1, 0.15) is 8.35 Å². The topological polar surface area (TPSA) is 26.0 Å². The van der Waals surface area contributed by atoms with Gasteiger partial charge in [0, 0.05) is 0 Å². The van der Waals surface area contributed by atoms with Gasteiger partial charge in [0.1, 0.15) is 0 Å². The lowest BCUT2D eigenvalue weighted by Crippen LogP contribution is -1.87. The maximum absolute atomic E-state index is 4.85. The van der Waals surface area contributed by atoms with E-state index in [0.717, 1.165) is 6.54 Å². The van der Waals surface area contributed by atoms with Gasteiger partial charge in [-0.3, -0.25) is 4.70 Å². The van der Waals surface area contributed by atoms with Gasteiger partial charge in [0.25, 0.3) is 0 Å². The van der Waals surface area contributed by atoms with E-state index in [0.29, 0.717) is 0 Å². The van der Waals surface area contributed by atoms with Crippen LogP contribution >= 0.6 is 0 Å². The molecule has 0 aromatic heterocycles. The monoisotopic (exact) mass is 66.1 g/mol. The SMILES string of the molecule is CCN.F.[H+]. The van der Waals surface area contributed by atoms with Gasteiger partial charge in [-0.1, -0.05) is 6.92 Å². The molecule has 4 heavy (non-hydrogen) atoms. The molecule has 0 atom stereocenters. The average molecular weight is 66.1 g/mol. The van der Waals surface area contributed by atoms with E-state index in [1.165, 1.54) is 0 Å². The standard InChI is InChI=1S/C2H7N.FH/c1-2-3;/h2-3H2,1H3;1H/p+1. The highest BCUT2D eigenvalue weighted by Gasteiger charge is 1.32. The number of hydrogen-bond acceptors (Lipinski definition) is 1. The van der Waals surface area contributed by atoms with Gasteiger partial charge in [-0.25, -0.2) is 0 Å². The largest absolute Gasteiger partial charge is 1.00 e. The minimum absolute atomic E-state index is 0. The molecule has 0 bridgehead atoms. The lowest BCUT2D eigenvalue weighted by Gasteiger charge is -1.53. The Bertz CT molecular complexity index is 9.61. The summed E-state index contributed by atoms with van der Waals surface area (Å²) in [5.41, 5.74) is 4.85. The van der Waals surface area contributed by atoms with Crippen molar-refractivity contribution < 1.29 is 6.13 Å². The van der Waals surface area contributed by atoms with E-state index in [2.05, 4.69) is 0 Å². The molecule has 0 aromatic carbocycles. The zero-order valence-electron chi connectivity index (χ0n) is 3.69. The molecular weight excluding hydrogens is 57.0 g/mol. The molecule has 2 heteroatoms. The zero-order chi connectivity index (χ0) is 2.71. The third-order valence-electron chi connectivity index (χ3n) is 0. The van der Waals surface area contributed by atoms with Gasteiger partial charge in [0.15, 0.2) is 0 Å². The van der Waals surface area contributed by atoms with Crippen molar-refractivity contribution in [2.75, 3.05) is 6.54 Å². The van der Waals surface area contributed by atoms with Crippen molar-refractivity contribution in [3.8, 4) is 0 Å². The molecule has 0 aliphatic heterocycles. The zero-order valence-corrected chi connectivity index (χ0v) is 2.69. The Balaban J connectivity index is -0.0000000200. The van der Waals surface area contributed by atoms with Crippen molar-refractivity contribution in [1.82, 2.24) is 0 Å². The molecule has 0 aliphatic rings. The van der Waals surface area contributed by atoms with Gasteiger partial charge in [0.05, 0.1) is 0 Å². The van der Waals surface area contributed by atoms with Crippen molar-refractivity contribution in [1.29, 1.82) is 0 Å². The first kappa shape index (κ1) is 9.10. The Hall–Kier alpha value is -0.110. The second kappa shape index (κ2) is 13.0. The molecule has 0 rings (SSSR count). The van der Waals surface area contributed by atoms with E-state index in [-0.39, 0.29) is 6.13 Å². The van der Waals surface area contributed by atoms with Crippen LogP contribution in [0.15, 0.2) is 0 Å². The van der Waals surface area contributed by atoms with Crippen LogP contribution in [0.25, 0.3) is 0 Å². The molecule has 0 saturated heterocycles. The smallest absolute Gasteiger partial charge is 0.331 e. The highest BCUT2D eigenvalue weighted by Crippen LogP contribution is 1.20. The van der Waals surface area contributed by atoms with Crippen molar-refractivity contribution in [2.45, 2.75) is 6.92 Å². The number of nitrogens with two attached hydrogens (primary N) is 1. The van der Waals surface area contributed by atoms with E-state index in [1.807, 2.05) is 6.92 Å². The maximum atomic E-state index is 4.85. The van der Waals surface area contributed by atoms with Gasteiger partial charge < -0.3 is 5.73 Å². The summed E-state index contributed by atoms with van der Waals surface area (Å²) in [6, 6.07) is 0. The van der Waals surface area contributed by atoms with Crippen LogP contribution in [0, 0.1) is 0 Å². The number of rotatable bonds is 0. The molecule has 0 spiro atoms. The normalized spacial score (nSPS) is 4.50. The predicted molar refractivity (Wildman–Crippen MR) is 18.3 cm³/mol. The molecule has 0 amide bonds. The summed E-state index contributed by atoms with van der Waals surface area (Å²) in [6.45, 7) is 2.65. The van der Waals surface area contributed by atoms with Crippen LogP contribution < -0.4 is 5.73 Å². The van der Waals surface area contributed by atoms with Crippen LogP contribution in [0.4, 0.5) is 4.70 Å². The van der Waals surface area contributed by atoms with Crippen LogP contribution in [0.5, 0.6) is 0 Å². The summed E-state index contributed by atoms with van der Waals surface area (Å²) >= 11 is 0. The van der Waals surface area contributed by atoms with Crippen molar-refractivity contribution in [2.24, 2.45) is 5.73 Å². The minimum atomic E-state index is 0. The van der Waals surface area contributed by atoms with Gasteiger partial charge in [-0.2, -0.15) is 0 Å². The molecule has 2 N–H and O–H groups in total. The Labute approximate surface area is 26.7 Å². The summed E-state index contributed by atoms with van der Waals surface area (Å²) in [5, 5.41) is 0. The Kier molecular flexibility index (Phi) is 29.6. The van der Waals surface area contributed by atoms with E-state index in [4.69, 9.17) is 5.73 Å². The summed E-state index contributed by atoms with van der Waals surface area (Å²) in [7, 11) is 0. The van der Waals surface area contributed by atoms with E-state index in [9.17, 15) is 0 Å². The van der Waals surface area contributed by atoms with E-state index in [1.54, 1.807) is 0 Å². The average Bonchev–Trinajstić information content (AvgIpc) is 0.918. The fourth-order valence-electron chi connectivity index (χ4n) is 0. The Morgan fingerprint density at radius 2 is 2.00 bits per heavy atom. The fraction of sp³-hybridized carbons (Fsp3) is 1.00. The second-order valence-corrected chi connectivity index (χ2v) is 0.408. The fourth-order valence-corrected chi connectivity index (χ4v) is 0. The molecule has 0 aromatic rings. The third kappa shape index (κ3) is 124. The van der Waals surface area contributed by atoms with Gasteiger partial charge in [-0.15, -0.1) is 0 Å². The van der Waals surface area contributed by atoms with Crippen molar-refractivity contribution >= 4 is 0 Å². The van der Waals surface area contributed by atoms with Gasteiger partial charge >= 0.3 is 1.43 Å². The van der Waals surface area contributed by atoms with Crippen molar-refractivity contribution in [3.05, 3.63) is 0 Å². The minimum Gasteiger partial charge on any atom is -0.331 e. The Morgan fingerprint density at radius 3 is 2.00 bits per heavy atom. The summed E-state index contributed by atoms with van der Waals surface area (Å²) in [5.74, 6) is 0. The first-order chi connectivity index (χ1) is 1.41. The quantitative estimate of drug-likeness (QED) is 0.430.